The lowest BCUT2D eigenvalue weighted by Crippen LogP contribution is -2.32. The molecule has 0 radical (unpaired) electrons. The highest BCUT2D eigenvalue weighted by molar-refractivity contribution is 6.44. The van der Waals surface area contributed by atoms with Crippen LogP contribution in [-0.4, -0.2) is 10.9 Å². The molecule has 0 aliphatic rings. The largest absolute Gasteiger partial charge is 0.431 e. The number of para-hydroxylation sites is 1. The average Bonchev–Trinajstić information content (AvgIpc) is 2.05. The smallest absolute Gasteiger partial charge is 0.428 e. The van der Waals surface area contributed by atoms with Crippen molar-refractivity contribution < 1.29 is 13.5 Å². The van der Waals surface area contributed by atoms with Gasteiger partial charge in [0, 0.05) is 0 Å². The summed E-state index contributed by atoms with van der Waals surface area (Å²) in [6.07, 6.45) is -3.57. The van der Waals surface area contributed by atoms with Gasteiger partial charge < -0.3 is 4.74 Å². The maximum Gasteiger partial charge on any atom is 0.428 e. The minimum absolute atomic E-state index is 0.0267. The second-order valence-electron chi connectivity index (χ2n) is 2.28. The summed E-state index contributed by atoms with van der Waals surface area (Å²) in [5.74, 6) is 0.0267. The lowest BCUT2D eigenvalue weighted by molar-refractivity contribution is -0.163. The van der Waals surface area contributed by atoms with E-state index in [4.69, 9.17) is 23.2 Å². The Morgan fingerprint density at radius 1 is 1.15 bits per heavy atom. The summed E-state index contributed by atoms with van der Waals surface area (Å²) in [7, 11) is 0. The van der Waals surface area contributed by atoms with Crippen LogP contribution in [0.2, 0.25) is 0 Å². The Balaban J connectivity index is 2.69. The predicted molar refractivity (Wildman–Crippen MR) is 47.5 cm³/mol. The van der Waals surface area contributed by atoms with Crippen molar-refractivity contribution >= 4 is 23.2 Å². The van der Waals surface area contributed by atoms with Crippen molar-refractivity contribution in [3.05, 3.63) is 30.3 Å². The molecule has 0 heterocycles. The summed E-state index contributed by atoms with van der Waals surface area (Å²) in [6, 6.07) is 7.61. The van der Waals surface area contributed by atoms with Crippen molar-refractivity contribution in [1.29, 1.82) is 0 Å². The second-order valence-corrected chi connectivity index (χ2v) is 3.37. The van der Waals surface area contributed by atoms with E-state index in [1.807, 2.05) is 0 Å². The molecular formula is C8H6Cl2F2O. The van der Waals surface area contributed by atoms with E-state index >= 15 is 0 Å². The molecule has 0 fully saturated rings. The predicted octanol–water partition coefficient (Wildman–Crippen LogP) is 3.46. The zero-order valence-electron chi connectivity index (χ0n) is 6.38. The molecule has 0 N–H and O–H groups in total. The molecule has 1 aromatic rings. The van der Waals surface area contributed by atoms with Gasteiger partial charge in [-0.3, -0.25) is 0 Å². The van der Waals surface area contributed by atoms with Crippen LogP contribution in [0.3, 0.4) is 0 Å². The van der Waals surface area contributed by atoms with Crippen molar-refractivity contribution in [3.63, 3.8) is 0 Å². The molecule has 1 rings (SSSR count). The van der Waals surface area contributed by atoms with Gasteiger partial charge in [0.1, 0.15) is 5.75 Å². The topological polar surface area (TPSA) is 9.23 Å². The highest BCUT2D eigenvalue weighted by atomic mass is 35.5. The lowest BCUT2D eigenvalue weighted by Gasteiger charge is -2.18. The molecule has 0 atom stereocenters. The molecule has 0 aliphatic carbocycles. The van der Waals surface area contributed by atoms with E-state index in [1.54, 1.807) is 18.2 Å². The third kappa shape index (κ3) is 3.01. The van der Waals surface area contributed by atoms with Gasteiger partial charge in [0.2, 0.25) is 4.84 Å². The van der Waals surface area contributed by atoms with Crippen LogP contribution < -0.4 is 4.74 Å². The number of benzene rings is 1. The van der Waals surface area contributed by atoms with Gasteiger partial charge in [-0.05, 0) is 12.1 Å². The van der Waals surface area contributed by atoms with Crippen molar-refractivity contribution in [1.82, 2.24) is 0 Å². The standard InChI is InChI=1S/C8H6Cl2F2O/c9-7(10)8(11,12)13-6-4-2-1-3-5-6/h1-5,7H. The van der Waals surface area contributed by atoms with Gasteiger partial charge in [-0.15, -0.1) is 0 Å². The summed E-state index contributed by atoms with van der Waals surface area (Å²) in [6.45, 7) is 0. The van der Waals surface area contributed by atoms with Crippen LogP contribution in [0.1, 0.15) is 0 Å². The average molecular weight is 227 g/mol. The molecule has 0 bridgehead atoms. The summed E-state index contributed by atoms with van der Waals surface area (Å²) in [5.41, 5.74) is 0. The summed E-state index contributed by atoms with van der Waals surface area (Å²) in [4.78, 5) is -1.88. The van der Waals surface area contributed by atoms with Crippen molar-refractivity contribution in [2.75, 3.05) is 0 Å². The van der Waals surface area contributed by atoms with Gasteiger partial charge in [-0.25, -0.2) is 0 Å². The molecular weight excluding hydrogens is 221 g/mol. The van der Waals surface area contributed by atoms with E-state index in [0.717, 1.165) is 0 Å². The maximum absolute atomic E-state index is 12.7. The van der Waals surface area contributed by atoms with Gasteiger partial charge >= 0.3 is 6.11 Å². The van der Waals surface area contributed by atoms with Crippen molar-refractivity contribution in [3.8, 4) is 5.75 Å². The zero-order valence-corrected chi connectivity index (χ0v) is 7.90. The molecule has 13 heavy (non-hydrogen) atoms. The fourth-order valence-corrected chi connectivity index (χ4v) is 0.779. The number of rotatable bonds is 3. The molecule has 0 unspecified atom stereocenters. The van der Waals surface area contributed by atoms with Crippen LogP contribution in [0.5, 0.6) is 5.75 Å². The van der Waals surface area contributed by atoms with Gasteiger partial charge in [-0.1, -0.05) is 41.4 Å². The molecule has 5 heteroatoms. The maximum atomic E-state index is 12.7. The third-order valence-corrected chi connectivity index (χ3v) is 1.76. The van der Waals surface area contributed by atoms with Crippen LogP contribution in [-0.2, 0) is 0 Å². The normalized spacial score (nSPS) is 11.8. The molecule has 72 valence electrons. The van der Waals surface area contributed by atoms with Crippen LogP contribution in [0.4, 0.5) is 8.78 Å². The number of hydrogen-bond acceptors (Lipinski definition) is 1. The van der Waals surface area contributed by atoms with Gasteiger partial charge in [0.05, 0.1) is 0 Å². The van der Waals surface area contributed by atoms with E-state index in [1.165, 1.54) is 12.1 Å². The minimum Gasteiger partial charge on any atom is -0.431 e. The van der Waals surface area contributed by atoms with Crippen LogP contribution in [0.15, 0.2) is 30.3 Å². The quantitative estimate of drug-likeness (QED) is 0.718. The summed E-state index contributed by atoms with van der Waals surface area (Å²) in [5, 5.41) is 0. The van der Waals surface area contributed by atoms with E-state index < -0.39 is 10.9 Å². The Morgan fingerprint density at radius 3 is 2.15 bits per heavy atom. The van der Waals surface area contributed by atoms with Crippen molar-refractivity contribution in [2.45, 2.75) is 10.9 Å². The fraction of sp³-hybridized carbons (Fsp3) is 0.250. The molecule has 0 spiro atoms. The molecule has 0 saturated heterocycles. The van der Waals surface area contributed by atoms with E-state index in [-0.39, 0.29) is 5.75 Å². The van der Waals surface area contributed by atoms with Gasteiger partial charge in [-0.2, -0.15) is 8.78 Å². The summed E-state index contributed by atoms with van der Waals surface area (Å²) >= 11 is 10.0. The Hall–Kier alpha value is -0.540. The van der Waals surface area contributed by atoms with E-state index in [2.05, 4.69) is 4.74 Å². The SMILES string of the molecule is FC(F)(Oc1ccccc1)C(Cl)Cl. The first-order chi connectivity index (χ1) is 6.02. The van der Waals surface area contributed by atoms with Gasteiger partial charge in [0.25, 0.3) is 0 Å². The Morgan fingerprint density at radius 2 is 1.69 bits per heavy atom. The Bertz CT molecular complexity index is 264. The highest BCUT2D eigenvalue weighted by Gasteiger charge is 2.40. The van der Waals surface area contributed by atoms with E-state index in [9.17, 15) is 8.78 Å². The van der Waals surface area contributed by atoms with Crippen molar-refractivity contribution in [2.24, 2.45) is 0 Å². The minimum atomic E-state index is -3.57. The highest BCUT2D eigenvalue weighted by Crippen LogP contribution is 2.29. The monoisotopic (exact) mass is 226 g/mol. The van der Waals surface area contributed by atoms with Crippen LogP contribution in [0, 0.1) is 0 Å². The fourth-order valence-electron chi connectivity index (χ4n) is 0.690. The third-order valence-electron chi connectivity index (χ3n) is 1.25. The number of hydrogen-bond donors (Lipinski definition) is 0. The van der Waals surface area contributed by atoms with Crippen LogP contribution >= 0.6 is 23.2 Å². The van der Waals surface area contributed by atoms with Crippen LogP contribution in [0.25, 0.3) is 0 Å². The molecule has 0 saturated carbocycles. The zero-order chi connectivity index (χ0) is 9.90. The Kier molecular flexibility index (Phi) is 3.33. The van der Waals surface area contributed by atoms with Gasteiger partial charge in [0.15, 0.2) is 0 Å². The van der Waals surface area contributed by atoms with E-state index in [0.29, 0.717) is 0 Å². The first-order valence-electron chi connectivity index (χ1n) is 3.42. The molecule has 0 aromatic heterocycles. The Labute approximate surface area is 84.2 Å². The number of ether oxygens (including phenoxy) is 1. The lowest BCUT2D eigenvalue weighted by atomic mass is 10.3. The molecule has 1 aromatic carbocycles. The second kappa shape index (κ2) is 4.11. The number of alkyl halides is 4. The molecule has 1 nitrogen and oxygen atoms in total. The molecule has 0 amide bonds. The number of halogens is 4. The molecule has 0 aliphatic heterocycles. The first kappa shape index (κ1) is 10.5. The summed E-state index contributed by atoms with van der Waals surface area (Å²) < 4.78 is 29.8. The first-order valence-corrected chi connectivity index (χ1v) is 4.29.